The van der Waals surface area contributed by atoms with E-state index in [2.05, 4.69) is 13.8 Å². The first-order valence-corrected chi connectivity index (χ1v) is 6.66. The van der Waals surface area contributed by atoms with Crippen molar-refractivity contribution in [2.45, 2.75) is 32.2 Å². The highest BCUT2D eigenvalue weighted by molar-refractivity contribution is 5.38. The minimum atomic E-state index is -2.77. The average molecular weight is 269 g/mol. The summed E-state index contributed by atoms with van der Waals surface area (Å²) in [6.07, 6.45) is 0. The number of halogens is 2. The molecule has 0 radical (unpaired) electrons. The number of benzene rings is 1. The Bertz CT molecular complexity index is 446. The van der Waals surface area contributed by atoms with E-state index in [1.165, 1.54) is 0 Å². The van der Waals surface area contributed by atoms with Gasteiger partial charge in [-0.25, -0.2) is 0 Å². The van der Waals surface area contributed by atoms with E-state index >= 15 is 0 Å². The maximum Gasteiger partial charge on any atom is 0.285 e. The predicted octanol–water partition coefficient (Wildman–Crippen LogP) is 3.36. The maximum atomic E-state index is 14.1. The minimum Gasteiger partial charge on any atom is -0.383 e. The number of fused-ring (bicyclic) bond motifs is 1. The SMILES string of the molecule is COCCN1Cc2cc(C(C)C)ccc2C(F)(F)C1. The van der Waals surface area contributed by atoms with Crippen molar-refractivity contribution in [3.63, 3.8) is 0 Å². The van der Waals surface area contributed by atoms with E-state index < -0.39 is 5.92 Å². The predicted molar refractivity (Wildman–Crippen MR) is 71.6 cm³/mol. The van der Waals surface area contributed by atoms with Crippen LogP contribution in [0.4, 0.5) is 8.78 Å². The summed E-state index contributed by atoms with van der Waals surface area (Å²) in [6, 6.07) is 5.34. The lowest BCUT2D eigenvalue weighted by Gasteiger charge is -2.34. The zero-order valence-corrected chi connectivity index (χ0v) is 11.7. The van der Waals surface area contributed by atoms with Gasteiger partial charge >= 0.3 is 0 Å². The van der Waals surface area contributed by atoms with Crippen molar-refractivity contribution in [2.24, 2.45) is 0 Å². The monoisotopic (exact) mass is 269 g/mol. The Balaban J connectivity index is 2.28. The summed E-state index contributed by atoms with van der Waals surface area (Å²) in [4.78, 5) is 1.76. The Morgan fingerprint density at radius 3 is 2.74 bits per heavy atom. The van der Waals surface area contributed by atoms with Gasteiger partial charge in [0.1, 0.15) is 0 Å². The molecule has 0 amide bonds. The summed E-state index contributed by atoms with van der Waals surface area (Å²) < 4.78 is 33.2. The third-order valence-electron chi connectivity index (χ3n) is 3.62. The van der Waals surface area contributed by atoms with Gasteiger partial charge in [0, 0.05) is 25.8 Å². The molecule has 1 aliphatic heterocycles. The fourth-order valence-corrected chi connectivity index (χ4v) is 2.50. The number of rotatable bonds is 4. The average Bonchev–Trinajstić information content (AvgIpc) is 2.34. The number of hydrogen-bond acceptors (Lipinski definition) is 2. The van der Waals surface area contributed by atoms with Gasteiger partial charge in [-0.05, 0) is 17.0 Å². The van der Waals surface area contributed by atoms with Crippen LogP contribution in [-0.4, -0.2) is 31.7 Å². The standard InChI is InChI=1S/C15H21F2NO/c1-11(2)12-4-5-14-13(8-12)9-18(6-7-19-3)10-15(14,16)17/h4-5,8,11H,6-7,9-10H2,1-3H3. The van der Waals surface area contributed by atoms with Crippen LogP contribution in [0.15, 0.2) is 18.2 Å². The van der Waals surface area contributed by atoms with E-state index in [-0.39, 0.29) is 12.1 Å². The third kappa shape index (κ3) is 3.12. The Morgan fingerprint density at radius 2 is 2.11 bits per heavy atom. The third-order valence-corrected chi connectivity index (χ3v) is 3.62. The molecule has 0 aromatic heterocycles. The van der Waals surface area contributed by atoms with Crippen LogP contribution in [-0.2, 0) is 17.2 Å². The first-order chi connectivity index (χ1) is 8.94. The van der Waals surface area contributed by atoms with Gasteiger partial charge in [-0.1, -0.05) is 32.0 Å². The molecule has 0 aliphatic carbocycles. The fraction of sp³-hybridized carbons (Fsp3) is 0.600. The zero-order valence-electron chi connectivity index (χ0n) is 11.7. The van der Waals surface area contributed by atoms with Crippen molar-refractivity contribution in [2.75, 3.05) is 26.8 Å². The molecule has 19 heavy (non-hydrogen) atoms. The fourth-order valence-electron chi connectivity index (χ4n) is 2.50. The van der Waals surface area contributed by atoms with Crippen LogP contribution in [0.2, 0.25) is 0 Å². The number of alkyl halides is 2. The molecular formula is C15H21F2NO. The first-order valence-electron chi connectivity index (χ1n) is 6.66. The Hall–Kier alpha value is -1.00. The molecule has 2 nitrogen and oxygen atoms in total. The van der Waals surface area contributed by atoms with Crippen LogP contribution in [0.1, 0.15) is 36.5 Å². The smallest absolute Gasteiger partial charge is 0.285 e. The van der Waals surface area contributed by atoms with Crippen LogP contribution in [0.5, 0.6) is 0 Å². The molecule has 1 aromatic rings. The van der Waals surface area contributed by atoms with Gasteiger partial charge in [-0.15, -0.1) is 0 Å². The summed E-state index contributed by atoms with van der Waals surface area (Å²) in [7, 11) is 1.59. The zero-order chi connectivity index (χ0) is 14.0. The van der Waals surface area contributed by atoms with Crippen molar-refractivity contribution in [3.05, 3.63) is 34.9 Å². The molecular weight excluding hydrogens is 248 g/mol. The van der Waals surface area contributed by atoms with Crippen LogP contribution in [0.25, 0.3) is 0 Å². The lowest BCUT2D eigenvalue weighted by atomic mass is 9.91. The molecule has 0 fully saturated rings. The highest BCUT2D eigenvalue weighted by Crippen LogP contribution is 2.37. The second-order valence-electron chi connectivity index (χ2n) is 5.48. The van der Waals surface area contributed by atoms with Crippen LogP contribution < -0.4 is 0 Å². The minimum absolute atomic E-state index is 0.186. The van der Waals surface area contributed by atoms with Gasteiger partial charge in [-0.2, -0.15) is 8.78 Å². The lowest BCUT2D eigenvalue weighted by molar-refractivity contribution is -0.0560. The van der Waals surface area contributed by atoms with Gasteiger partial charge in [-0.3, -0.25) is 4.90 Å². The molecule has 0 N–H and O–H groups in total. The topological polar surface area (TPSA) is 12.5 Å². The molecule has 0 unspecified atom stereocenters. The first kappa shape index (κ1) is 14.4. The summed E-state index contributed by atoms with van der Waals surface area (Å²) in [5, 5.41) is 0. The molecule has 0 saturated carbocycles. The Morgan fingerprint density at radius 1 is 1.37 bits per heavy atom. The largest absolute Gasteiger partial charge is 0.383 e. The number of ether oxygens (including phenoxy) is 1. The number of hydrogen-bond donors (Lipinski definition) is 0. The van der Waals surface area contributed by atoms with E-state index in [0.29, 0.717) is 25.6 Å². The van der Waals surface area contributed by atoms with Crippen molar-refractivity contribution in [1.82, 2.24) is 4.90 Å². The van der Waals surface area contributed by atoms with Gasteiger partial charge in [0.2, 0.25) is 0 Å². The van der Waals surface area contributed by atoms with E-state index in [4.69, 9.17) is 4.74 Å². The molecule has 2 rings (SSSR count). The maximum absolute atomic E-state index is 14.1. The number of nitrogens with zero attached hydrogens (tertiary/aromatic N) is 1. The molecule has 1 aliphatic rings. The molecule has 1 aromatic carbocycles. The van der Waals surface area contributed by atoms with Crippen molar-refractivity contribution >= 4 is 0 Å². The van der Waals surface area contributed by atoms with Crippen LogP contribution >= 0.6 is 0 Å². The van der Waals surface area contributed by atoms with E-state index in [1.54, 1.807) is 18.1 Å². The van der Waals surface area contributed by atoms with E-state index in [0.717, 1.165) is 11.1 Å². The summed E-state index contributed by atoms with van der Waals surface area (Å²) in [5.74, 6) is -2.41. The molecule has 0 spiro atoms. The molecule has 0 atom stereocenters. The van der Waals surface area contributed by atoms with Crippen molar-refractivity contribution in [1.29, 1.82) is 0 Å². The highest BCUT2D eigenvalue weighted by atomic mass is 19.3. The van der Waals surface area contributed by atoms with Crippen LogP contribution in [0, 0.1) is 0 Å². The Kier molecular flexibility index (Phi) is 4.21. The summed E-state index contributed by atoms with van der Waals surface area (Å²) in [6.45, 7) is 5.53. The van der Waals surface area contributed by atoms with Gasteiger partial charge in [0.25, 0.3) is 5.92 Å². The Labute approximate surface area is 113 Å². The molecule has 0 bridgehead atoms. The number of methoxy groups -OCH3 is 1. The van der Waals surface area contributed by atoms with Crippen molar-refractivity contribution < 1.29 is 13.5 Å². The summed E-state index contributed by atoms with van der Waals surface area (Å²) in [5.41, 5.74) is 2.05. The van der Waals surface area contributed by atoms with Gasteiger partial charge < -0.3 is 4.74 Å². The second-order valence-corrected chi connectivity index (χ2v) is 5.48. The van der Waals surface area contributed by atoms with Crippen molar-refractivity contribution in [3.8, 4) is 0 Å². The lowest BCUT2D eigenvalue weighted by Crippen LogP contribution is -2.42. The quantitative estimate of drug-likeness (QED) is 0.831. The summed E-state index contributed by atoms with van der Waals surface area (Å²) >= 11 is 0. The second kappa shape index (κ2) is 5.55. The van der Waals surface area contributed by atoms with Crippen LogP contribution in [0.3, 0.4) is 0 Å². The van der Waals surface area contributed by atoms with Gasteiger partial charge in [0.15, 0.2) is 0 Å². The highest BCUT2D eigenvalue weighted by Gasteiger charge is 2.39. The molecule has 1 heterocycles. The molecule has 0 saturated heterocycles. The normalized spacial score (nSPS) is 18.6. The molecule has 4 heteroatoms. The molecule has 106 valence electrons. The van der Waals surface area contributed by atoms with Gasteiger partial charge in [0.05, 0.1) is 13.2 Å². The van der Waals surface area contributed by atoms with E-state index in [9.17, 15) is 8.78 Å². The van der Waals surface area contributed by atoms with E-state index in [1.807, 2.05) is 12.1 Å².